The van der Waals surface area contributed by atoms with Crippen molar-refractivity contribution in [3.8, 4) is 0 Å². The highest BCUT2D eigenvalue weighted by atomic mass is 31.2. The van der Waals surface area contributed by atoms with Crippen molar-refractivity contribution in [2.45, 2.75) is 302 Å². The molecule has 486 valence electrons. The Bertz CT molecular complexity index is 1860. The van der Waals surface area contributed by atoms with Crippen molar-refractivity contribution >= 4 is 19.8 Å². The summed E-state index contributed by atoms with van der Waals surface area (Å²) in [4.78, 5) is 35.4. The van der Waals surface area contributed by atoms with Gasteiger partial charge in [-0.1, -0.05) is 302 Å². The maximum absolute atomic E-state index is 12.8. The van der Waals surface area contributed by atoms with E-state index in [1.807, 2.05) is 0 Å². The number of hydrogen-bond acceptors (Lipinski definition) is 8. The standard InChI is InChI=1S/C75H128NO8P/c1-3-5-7-9-11-13-15-17-19-21-23-25-27-29-31-32-33-34-35-36-37-38-39-40-42-44-46-48-50-52-54-56-58-60-62-64-66-68-75(78)84-73(72-83-85(79,80)82-70-69-76)71-81-74(77)67-65-63-61-59-57-55-53-51-49-47-45-43-41-30-28-26-24-22-20-18-16-14-12-10-8-6-4-2/h5,7,11,13,16-19,22-25,28-31,33-34,36-37,39-40,73H,3-4,6,8-10,12,14-15,20-21,26-27,32,35,38,41-72,76H2,1-2H3,(H,79,80)/b7-5-,13-11-,18-16-,19-17-,24-22-,25-23-,30-28-,31-29-,34-33-,37-36-,40-39-. The second-order valence-electron chi connectivity index (χ2n) is 22.7. The number of carbonyl (C=O) groups excluding carboxylic acids is 2. The quantitative estimate of drug-likeness (QED) is 0.0264. The SMILES string of the molecule is CC/C=C\C/C=C\C/C=C\C/C=C\C/C=C\C/C=C\C/C=C\C/C=C\CCCCCCCCCCCCCCC(=O)OC(COC(=O)CCCCCCCCCCCCCC/C=C\C/C=C\C/C=C\CCCCCCC)COP(=O)(O)OCCN. The minimum absolute atomic E-state index is 0.0477. The molecule has 0 spiro atoms. The van der Waals surface area contributed by atoms with Gasteiger partial charge in [0.15, 0.2) is 6.10 Å². The van der Waals surface area contributed by atoms with Crippen LogP contribution in [0.2, 0.25) is 0 Å². The molecule has 0 radical (unpaired) electrons. The van der Waals surface area contributed by atoms with Gasteiger partial charge in [0.1, 0.15) is 6.61 Å². The Hall–Kier alpha value is -3.85. The molecule has 0 aromatic heterocycles. The van der Waals surface area contributed by atoms with Crippen LogP contribution in [-0.4, -0.2) is 49.3 Å². The molecule has 0 aliphatic carbocycles. The molecule has 0 aliphatic heterocycles. The van der Waals surface area contributed by atoms with E-state index >= 15 is 0 Å². The molecule has 0 aliphatic rings. The van der Waals surface area contributed by atoms with Gasteiger partial charge in [0.05, 0.1) is 13.2 Å². The molecule has 2 unspecified atom stereocenters. The summed E-state index contributed by atoms with van der Waals surface area (Å²) >= 11 is 0. The molecule has 0 bridgehead atoms. The van der Waals surface area contributed by atoms with E-state index < -0.39 is 26.5 Å². The van der Waals surface area contributed by atoms with E-state index in [4.69, 9.17) is 24.3 Å². The number of rotatable bonds is 64. The number of allylic oxidation sites excluding steroid dienone is 22. The van der Waals surface area contributed by atoms with Gasteiger partial charge in [-0.25, -0.2) is 4.57 Å². The molecule has 3 N–H and O–H groups in total. The van der Waals surface area contributed by atoms with Crippen LogP contribution in [0.3, 0.4) is 0 Å². The van der Waals surface area contributed by atoms with Crippen LogP contribution in [-0.2, 0) is 32.7 Å². The lowest BCUT2D eigenvalue weighted by atomic mass is 10.0. The first-order chi connectivity index (χ1) is 41.8. The Morgan fingerprint density at radius 1 is 0.365 bits per heavy atom. The van der Waals surface area contributed by atoms with Crippen molar-refractivity contribution in [1.82, 2.24) is 0 Å². The third kappa shape index (κ3) is 69.1. The summed E-state index contributed by atoms with van der Waals surface area (Å²) in [6.45, 7) is 3.63. The second-order valence-corrected chi connectivity index (χ2v) is 24.1. The first-order valence-corrected chi connectivity index (χ1v) is 36.2. The summed E-state index contributed by atoms with van der Waals surface area (Å²) in [7, 11) is -4.40. The van der Waals surface area contributed by atoms with Gasteiger partial charge in [-0.15, -0.1) is 0 Å². The molecule has 0 aromatic carbocycles. The Morgan fingerprint density at radius 2 is 0.647 bits per heavy atom. The molecule has 0 rings (SSSR count). The molecular weight excluding hydrogens is 1070 g/mol. The predicted octanol–water partition coefficient (Wildman–Crippen LogP) is 22.9. The van der Waals surface area contributed by atoms with E-state index in [2.05, 4.69) is 148 Å². The molecule has 10 heteroatoms. The summed E-state index contributed by atoms with van der Waals surface area (Å²) in [5.74, 6) is -0.831. The smallest absolute Gasteiger partial charge is 0.462 e. The zero-order valence-corrected chi connectivity index (χ0v) is 55.4. The minimum atomic E-state index is -4.40. The monoisotopic (exact) mass is 1200 g/mol. The number of unbranched alkanes of at least 4 members (excludes halogenated alkanes) is 29. The number of ether oxygens (including phenoxy) is 2. The number of hydrogen-bond donors (Lipinski definition) is 2. The summed E-state index contributed by atoms with van der Waals surface area (Å²) in [6.07, 6.45) is 98.1. The molecule has 0 saturated heterocycles. The van der Waals surface area contributed by atoms with Crippen LogP contribution in [0.25, 0.3) is 0 Å². The predicted molar refractivity (Wildman–Crippen MR) is 367 cm³/mol. The van der Waals surface area contributed by atoms with Crippen LogP contribution in [0.1, 0.15) is 296 Å². The molecular formula is C75H128NO8P. The normalized spacial score (nSPS) is 13.8. The molecule has 0 aromatic rings. The lowest BCUT2D eigenvalue weighted by Crippen LogP contribution is -2.29. The largest absolute Gasteiger partial charge is 0.472 e. The zero-order valence-electron chi connectivity index (χ0n) is 54.5. The van der Waals surface area contributed by atoms with Crippen molar-refractivity contribution in [1.29, 1.82) is 0 Å². The summed E-state index contributed by atoms with van der Waals surface area (Å²) in [6, 6.07) is 0. The van der Waals surface area contributed by atoms with Crippen LogP contribution in [0.5, 0.6) is 0 Å². The highest BCUT2D eigenvalue weighted by molar-refractivity contribution is 7.47. The van der Waals surface area contributed by atoms with E-state index in [0.29, 0.717) is 6.42 Å². The maximum atomic E-state index is 12.8. The third-order valence-corrected chi connectivity index (χ3v) is 15.5. The van der Waals surface area contributed by atoms with E-state index in [-0.39, 0.29) is 38.6 Å². The number of carbonyl (C=O) groups is 2. The average Bonchev–Trinajstić information content (AvgIpc) is 3.52. The van der Waals surface area contributed by atoms with Gasteiger partial charge in [0.2, 0.25) is 0 Å². The highest BCUT2D eigenvalue weighted by Gasteiger charge is 2.26. The molecule has 0 heterocycles. The molecule has 0 amide bonds. The van der Waals surface area contributed by atoms with Gasteiger partial charge in [-0.2, -0.15) is 0 Å². The minimum Gasteiger partial charge on any atom is -0.462 e. The fraction of sp³-hybridized carbons (Fsp3) is 0.680. The Labute approximate surface area is 523 Å². The Morgan fingerprint density at radius 3 is 0.965 bits per heavy atom. The van der Waals surface area contributed by atoms with Crippen molar-refractivity contribution in [2.24, 2.45) is 5.73 Å². The van der Waals surface area contributed by atoms with Crippen molar-refractivity contribution in [3.63, 3.8) is 0 Å². The second kappa shape index (κ2) is 69.3. The van der Waals surface area contributed by atoms with E-state index in [1.54, 1.807) is 0 Å². The van der Waals surface area contributed by atoms with Crippen molar-refractivity contribution in [2.75, 3.05) is 26.4 Å². The molecule has 9 nitrogen and oxygen atoms in total. The van der Waals surface area contributed by atoms with E-state index in [9.17, 15) is 19.0 Å². The molecule has 2 atom stereocenters. The number of esters is 2. The van der Waals surface area contributed by atoms with Gasteiger partial charge in [-0.3, -0.25) is 18.6 Å². The number of phosphoric acid groups is 1. The Kier molecular flexibility index (Phi) is 66.1. The van der Waals surface area contributed by atoms with Gasteiger partial charge < -0.3 is 20.1 Å². The van der Waals surface area contributed by atoms with Crippen molar-refractivity contribution in [3.05, 3.63) is 134 Å². The lowest BCUT2D eigenvalue weighted by molar-refractivity contribution is -0.161. The zero-order chi connectivity index (χ0) is 61.6. The first-order valence-electron chi connectivity index (χ1n) is 34.7. The maximum Gasteiger partial charge on any atom is 0.472 e. The van der Waals surface area contributed by atoms with Crippen LogP contribution in [0, 0.1) is 0 Å². The summed E-state index contributed by atoms with van der Waals surface area (Å²) in [5.41, 5.74) is 5.40. The summed E-state index contributed by atoms with van der Waals surface area (Å²) < 4.78 is 33.2. The third-order valence-electron chi connectivity index (χ3n) is 14.5. The first kappa shape index (κ1) is 81.2. The van der Waals surface area contributed by atoms with E-state index in [0.717, 1.165) is 103 Å². The average molecular weight is 1200 g/mol. The van der Waals surface area contributed by atoms with Crippen molar-refractivity contribution < 1.29 is 37.6 Å². The van der Waals surface area contributed by atoms with E-state index in [1.165, 1.54) is 161 Å². The fourth-order valence-electron chi connectivity index (χ4n) is 9.43. The van der Waals surface area contributed by atoms with Gasteiger partial charge in [0, 0.05) is 19.4 Å². The van der Waals surface area contributed by atoms with Gasteiger partial charge >= 0.3 is 19.8 Å². The van der Waals surface area contributed by atoms with Crippen LogP contribution < -0.4 is 5.73 Å². The molecule has 0 fully saturated rings. The highest BCUT2D eigenvalue weighted by Crippen LogP contribution is 2.43. The Balaban J connectivity index is 3.93. The van der Waals surface area contributed by atoms with Gasteiger partial charge in [-0.05, 0) is 116 Å². The van der Waals surface area contributed by atoms with Crippen LogP contribution >= 0.6 is 7.82 Å². The number of nitrogens with two attached hydrogens (primary N) is 1. The lowest BCUT2D eigenvalue weighted by Gasteiger charge is -2.19. The molecule has 85 heavy (non-hydrogen) atoms. The summed E-state index contributed by atoms with van der Waals surface area (Å²) in [5, 5.41) is 0. The topological polar surface area (TPSA) is 134 Å². The fourth-order valence-corrected chi connectivity index (χ4v) is 10.2. The van der Waals surface area contributed by atoms with Crippen LogP contribution in [0.15, 0.2) is 134 Å². The number of phosphoric ester groups is 1. The van der Waals surface area contributed by atoms with Crippen LogP contribution in [0.4, 0.5) is 0 Å². The van der Waals surface area contributed by atoms with Gasteiger partial charge in [0.25, 0.3) is 0 Å². The molecule has 0 saturated carbocycles.